The molecule has 0 saturated carbocycles. The van der Waals surface area contributed by atoms with Crippen LogP contribution < -0.4 is 11.1 Å². The summed E-state index contributed by atoms with van der Waals surface area (Å²) < 4.78 is 0.997. The summed E-state index contributed by atoms with van der Waals surface area (Å²) in [6, 6.07) is 13.2. The Morgan fingerprint density at radius 3 is 2.65 bits per heavy atom. The third-order valence-electron chi connectivity index (χ3n) is 3.32. The number of anilines is 1. The van der Waals surface area contributed by atoms with Crippen molar-refractivity contribution < 1.29 is 4.79 Å². The average Bonchev–Trinajstić information content (AvgIpc) is 2.41. The van der Waals surface area contributed by atoms with Crippen molar-refractivity contribution in [2.45, 2.75) is 19.9 Å². The first-order valence-electron chi connectivity index (χ1n) is 6.40. The molecule has 0 saturated heterocycles. The van der Waals surface area contributed by atoms with Gasteiger partial charge in [0.15, 0.2) is 0 Å². The summed E-state index contributed by atoms with van der Waals surface area (Å²) in [5, 5.41) is 2.99. The van der Waals surface area contributed by atoms with Crippen LogP contribution in [0.2, 0.25) is 0 Å². The van der Waals surface area contributed by atoms with Crippen LogP contribution in [0, 0.1) is 6.92 Å². The topological polar surface area (TPSA) is 55.1 Å². The number of benzene rings is 2. The van der Waals surface area contributed by atoms with Gasteiger partial charge in [-0.15, -0.1) is 0 Å². The fourth-order valence-corrected chi connectivity index (χ4v) is 2.45. The van der Waals surface area contributed by atoms with Crippen molar-refractivity contribution in [2.24, 2.45) is 0 Å². The highest BCUT2D eigenvalue weighted by molar-refractivity contribution is 9.10. The van der Waals surface area contributed by atoms with E-state index in [2.05, 4.69) is 21.2 Å². The molecule has 0 spiro atoms. The minimum atomic E-state index is -0.109. The number of nitrogens with one attached hydrogen (secondary N) is 1. The number of hydrogen-bond acceptors (Lipinski definition) is 2. The fourth-order valence-electron chi connectivity index (χ4n) is 2.03. The van der Waals surface area contributed by atoms with Gasteiger partial charge < -0.3 is 11.1 Å². The molecule has 0 heterocycles. The van der Waals surface area contributed by atoms with Gasteiger partial charge in [-0.25, -0.2) is 0 Å². The van der Waals surface area contributed by atoms with E-state index in [4.69, 9.17) is 5.73 Å². The van der Waals surface area contributed by atoms with E-state index >= 15 is 0 Å². The third kappa shape index (κ3) is 3.20. The van der Waals surface area contributed by atoms with E-state index in [-0.39, 0.29) is 11.9 Å². The second-order valence-electron chi connectivity index (χ2n) is 4.77. The molecule has 1 atom stereocenters. The lowest BCUT2D eigenvalue weighted by Gasteiger charge is -2.16. The number of halogens is 1. The Morgan fingerprint density at radius 2 is 1.95 bits per heavy atom. The molecule has 0 bridgehead atoms. The van der Waals surface area contributed by atoms with Crippen LogP contribution >= 0.6 is 15.9 Å². The SMILES string of the molecule is Cc1c(N)cccc1C(=O)N[C@@H](C)c1cccc(Br)c1. The molecule has 2 aromatic rings. The van der Waals surface area contributed by atoms with E-state index in [0.29, 0.717) is 11.3 Å². The predicted molar refractivity (Wildman–Crippen MR) is 85.6 cm³/mol. The summed E-state index contributed by atoms with van der Waals surface area (Å²) in [5.74, 6) is -0.109. The first-order valence-corrected chi connectivity index (χ1v) is 7.19. The first kappa shape index (κ1) is 14.6. The van der Waals surface area contributed by atoms with Crippen LogP contribution in [0.15, 0.2) is 46.9 Å². The van der Waals surface area contributed by atoms with Gasteiger partial charge >= 0.3 is 0 Å². The number of amides is 1. The van der Waals surface area contributed by atoms with Gasteiger partial charge in [0.05, 0.1) is 6.04 Å². The molecular weight excluding hydrogens is 316 g/mol. The highest BCUT2D eigenvalue weighted by Crippen LogP contribution is 2.20. The first-order chi connectivity index (χ1) is 9.49. The Balaban J connectivity index is 2.17. The Labute approximate surface area is 127 Å². The summed E-state index contributed by atoms with van der Waals surface area (Å²) in [7, 11) is 0. The molecule has 0 fully saturated rings. The molecule has 0 unspecified atom stereocenters. The van der Waals surface area contributed by atoms with Crippen LogP contribution in [0.5, 0.6) is 0 Å². The monoisotopic (exact) mass is 332 g/mol. The minimum Gasteiger partial charge on any atom is -0.398 e. The maximum atomic E-state index is 12.3. The van der Waals surface area contributed by atoms with E-state index in [0.717, 1.165) is 15.6 Å². The van der Waals surface area contributed by atoms with Crippen LogP contribution in [0.25, 0.3) is 0 Å². The number of nitrogens with two attached hydrogens (primary N) is 1. The lowest BCUT2D eigenvalue weighted by Crippen LogP contribution is -2.27. The van der Waals surface area contributed by atoms with Gasteiger partial charge in [-0.2, -0.15) is 0 Å². The van der Waals surface area contributed by atoms with Crippen molar-refractivity contribution in [1.29, 1.82) is 0 Å². The molecule has 4 heteroatoms. The summed E-state index contributed by atoms with van der Waals surface area (Å²) in [6.45, 7) is 3.81. The Bertz CT molecular complexity index is 640. The average molecular weight is 333 g/mol. The molecule has 3 N–H and O–H groups in total. The fraction of sp³-hybridized carbons (Fsp3) is 0.188. The lowest BCUT2D eigenvalue weighted by molar-refractivity contribution is 0.0939. The highest BCUT2D eigenvalue weighted by atomic mass is 79.9. The zero-order valence-corrected chi connectivity index (χ0v) is 13.1. The second-order valence-corrected chi connectivity index (χ2v) is 5.69. The van der Waals surface area contributed by atoms with E-state index in [9.17, 15) is 4.79 Å². The van der Waals surface area contributed by atoms with Crippen molar-refractivity contribution >= 4 is 27.5 Å². The van der Waals surface area contributed by atoms with Crippen LogP contribution in [-0.4, -0.2) is 5.91 Å². The lowest BCUT2D eigenvalue weighted by atomic mass is 10.0. The van der Waals surface area contributed by atoms with Crippen LogP contribution in [0.1, 0.15) is 34.5 Å². The molecule has 2 rings (SSSR count). The number of carbonyl (C=O) groups excluding carboxylic acids is 1. The van der Waals surface area contributed by atoms with Gasteiger partial charge in [0.1, 0.15) is 0 Å². The normalized spacial score (nSPS) is 11.9. The quantitative estimate of drug-likeness (QED) is 0.839. The van der Waals surface area contributed by atoms with Crippen LogP contribution in [0.3, 0.4) is 0 Å². The van der Waals surface area contributed by atoms with E-state index in [1.807, 2.05) is 38.1 Å². The van der Waals surface area contributed by atoms with Crippen molar-refractivity contribution in [3.8, 4) is 0 Å². The molecule has 104 valence electrons. The zero-order valence-electron chi connectivity index (χ0n) is 11.5. The Kier molecular flexibility index (Phi) is 4.45. The zero-order chi connectivity index (χ0) is 14.7. The largest absolute Gasteiger partial charge is 0.398 e. The smallest absolute Gasteiger partial charge is 0.252 e. The summed E-state index contributed by atoms with van der Waals surface area (Å²) in [4.78, 5) is 12.3. The number of nitrogen functional groups attached to an aromatic ring is 1. The maximum absolute atomic E-state index is 12.3. The van der Waals surface area contributed by atoms with E-state index < -0.39 is 0 Å². The van der Waals surface area contributed by atoms with Crippen LogP contribution in [0.4, 0.5) is 5.69 Å². The minimum absolute atomic E-state index is 0.0687. The molecule has 1 amide bonds. The molecule has 3 nitrogen and oxygen atoms in total. The number of hydrogen-bond donors (Lipinski definition) is 2. The van der Waals surface area contributed by atoms with Crippen LogP contribution in [-0.2, 0) is 0 Å². The molecule has 20 heavy (non-hydrogen) atoms. The van der Waals surface area contributed by atoms with Crippen molar-refractivity contribution in [3.05, 3.63) is 63.6 Å². The molecule has 0 aromatic heterocycles. The third-order valence-corrected chi connectivity index (χ3v) is 3.81. The van der Waals surface area contributed by atoms with E-state index in [1.165, 1.54) is 0 Å². The molecule has 0 radical (unpaired) electrons. The molecular formula is C16H17BrN2O. The van der Waals surface area contributed by atoms with Crippen molar-refractivity contribution in [2.75, 3.05) is 5.73 Å². The highest BCUT2D eigenvalue weighted by Gasteiger charge is 2.14. The molecule has 0 aliphatic carbocycles. The van der Waals surface area contributed by atoms with Gasteiger partial charge in [0, 0.05) is 15.7 Å². The summed E-state index contributed by atoms with van der Waals surface area (Å²) in [5.41, 5.74) is 8.95. The van der Waals surface area contributed by atoms with Crippen molar-refractivity contribution in [1.82, 2.24) is 5.32 Å². The second kappa shape index (κ2) is 6.09. The molecule has 0 aliphatic heterocycles. The van der Waals surface area contributed by atoms with E-state index in [1.54, 1.807) is 18.2 Å². The Morgan fingerprint density at radius 1 is 1.25 bits per heavy atom. The summed E-state index contributed by atoms with van der Waals surface area (Å²) in [6.07, 6.45) is 0. The van der Waals surface area contributed by atoms with Gasteiger partial charge in [-0.1, -0.05) is 34.1 Å². The maximum Gasteiger partial charge on any atom is 0.252 e. The number of rotatable bonds is 3. The standard InChI is InChI=1S/C16H17BrN2O/c1-10-14(7-4-8-15(10)18)16(20)19-11(2)12-5-3-6-13(17)9-12/h3-9,11H,18H2,1-2H3,(H,19,20)/t11-/m0/s1. The predicted octanol–water partition coefficient (Wildman–Crippen LogP) is 3.83. The van der Waals surface area contributed by atoms with Gasteiger partial charge in [-0.3, -0.25) is 4.79 Å². The molecule has 2 aromatic carbocycles. The van der Waals surface area contributed by atoms with Crippen molar-refractivity contribution in [3.63, 3.8) is 0 Å². The Hall–Kier alpha value is -1.81. The van der Waals surface area contributed by atoms with Gasteiger partial charge in [-0.05, 0) is 49.2 Å². The number of carbonyl (C=O) groups is 1. The summed E-state index contributed by atoms with van der Waals surface area (Å²) >= 11 is 3.43. The van der Waals surface area contributed by atoms with Gasteiger partial charge in [0.2, 0.25) is 0 Å². The van der Waals surface area contributed by atoms with Gasteiger partial charge in [0.25, 0.3) is 5.91 Å². The molecule has 0 aliphatic rings.